The molecule has 19 heavy (non-hydrogen) atoms. The van der Waals surface area contributed by atoms with Crippen molar-refractivity contribution in [3.8, 4) is 5.75 Å². The second-order valence-corrected chi connectivity index (χ2v) is 4.60. The maximum atomic E-state index is 12.1. The molecule has 0 spiro atoms. The SMILES string of the molecule is COc1ccc(Cl)cc1NC(=O)c1cccc(C)c1. The van der Waals surface area contributed by atoms with Crippen molar-refractivity contribution in [2.24, 2.45) is 0 Å². The molecule has 0 saturated heterocycles. The molecule has 0 aromatic heterocycles. The van der Waals surface area contributed by atoms with Gasteiger partial charge in [0.2, 0.25) is 0 Å². The quantitative estimate of drug-likeness (QED) is 0.922. The first kappa shape index (κ1) is 13.4. The zero-order valence-corrected chi connectivity index (χ0v) is 11.5. The van der Waals surface area contributed by atoms with E-state index in [1.54, 1.807) is 31.4 Å². The highest BCUT2D eigenvalue weighted by molar-refractivity contribution is 6.31. The molecule has 1 amide bonds. The summed E-state index contributed by atoms with van der Waals surface area (Å²) in [5.41, 5.74) is 2.19. The molecule has 98 valence electrons. The molecule has 3 nitrogen and oxygen atoms in total. The van der Waals surface area contributed by atoms with Crippen LogP contribution < -0.4 is 10.1 Å². The van der Waals surface area contributed by atoms with E-state index in [9.17, 15) is 4.79 Å². The molecule has 0 radical (unpaired) electrons. The van der Waals surface area contributed by atoms with Gasteiger partial charge in [-0.25, -0.2) is 0 Å². The van der Waals surface area contributed by atoms with E-state index in [0.29, 0.717) is 22.0 Å². The number of ether oxygens (including phenoxy) is 1. The Bertz CT molecular complexity index is 611. The van der Waals surface area contributed by atoms with Crippen LogP contribution in [0.25, 0.3) is 0 Å². The van der Waals surface area contributed by atoms with Crippen molar-refractivity contribution in [1.29, 1.82) is 0 Å². The predicted molar refractivity (Wildman–Crippen MR) is 77.1 cm³/mol. The molecule has 0 atom stereocenters. The van der Waals surface area contributed by atoms with Crippen molar-refractivity contribution in [1.82, 2.24) is 0 Å². The van der Waals surface area contributed by atoms with Gasteiger partial charge in [-0.15, -0.1) is 0 Å². The fourth-order valence-corrected chi connectivity index (χ4v) is 1.93. The molecular weight excluding hydrogens is 262 g/mol. The molecule has 2 aromatic carbocycles. The fraction of sp³-hybridized carbons (Fsp3) is 0.133. The van der Waals surface area contributed by atoms with Crippen LogP contribution in [0.5, 0.6) is 5.75 Å². The molecule has 0 bridgehead atoms. The van der Waals surface area contributed by atoms with Gasteiger partial charge in [0, 0.05) is 10.6 Å². The predicted octanol–water partition coefficient (Wildman–Crippen LogP) is 3.91. The van der Waals surface area contributed by atoms with Gasteiger partial charge in [0.05, 0.1) is 12.8 Å². The Balaban J connectivity index is 2.26. The van der Waals surface area contributed by atoms with Crippen LogP contribution in [0.15, 0.2) is 42.5 Å². The van der Waals surface area contributed by atoms with Gasteiger partial charge in [-0.2, -0.15) is 0 Å². The van der Waals surface area contributed by atoms with Gasteiger partial charge in [-0.1, -0.05) is 29.3 Å². The summed E-state index contributed by atoms with van der Waals surface area (Å²) in [4.78, 5) is 12.1. The van der Waals surface area contributed by atoms with Crippen LogP contribution >= 0.6 is 11.6 Å². The standard InChI is InChI=1S/C15H14ClNO2/c1-10-4-3-5-11(8-10)15(18)17-13-9-12(16)6-7-14(13)19-2/h3-9H,1-2H3,(H,17,18). The summed E-state index contributed by atoms with van der Waals surface area (Å²) >= 11 is 5.92. The zero-order chi connectivity index (χ0) is 13.8. The smallest absolute Gasteiger partial charge is 0.255 e. The van der Waals surface area contributed by atoms with Crippen molar-refractivity contribution < 1.29 is 9.53 Å². The number of methoxy groups -OCH3 is 1. The molecule has 0 aliphatic heterocycles. The van der Waals surface area contributed by atoms with Crippen LogP contribution in [-0.4, -0.2) is 13.0 Å². The first-order valence-electron chi connectivity index (χ1n) is 5.81. The van der Waals surface area contributed by atoms with Gasteiger partial charge in [0.1, 0.15) is 5.75 Å². The molecule has 0 aliphatic carbocycles. The Morgan fingerprint density at radius 1 is 1.21 bits per heavy atom. The number of anilines is 1. The Morgan fingerprint density at radius 2 is 2.00 bits per heavy atom. The second kappa shape index (κ2) is 5.76. The Labute approximate surface area is 117 Å². The average molecular weight is 276 g/mol. The lowest BCUT2D eigenvalue weighted by Crippen LogP contribution is -2.12. The Hall–Kier alpha value is -2.00. The Morgan fingerprint density at radius 3 is 2.68 bits per heavy atom. The summed E-state index contributed by atoms with van der Waals surface area (Å²) in [7, 11) is 1.55. The summed E-state index contributed by atoms with van der Waals surface area (Å²) in [5, 5.41) is 3.34. The number of carbonyl (C=O) groups is 1. The molecule has 4 heteroatoms. The number of amides is 1. The van der Waals surface area contributed by atoms with Crippen LogP contribution in [-0.2, 0) is 0 Å². The molecule has 0 aliphatic rings. The summed E-state index contributed by atoms with van der Waals surface area (Å²) in [6.45, 7) is 1.94. The number of hydrogen-bond donors (Lipinski definition) is 1. The van der Waals surface area contributed by atoms with Gasteiger partial charge in [0.15, 0.2) is 0 Å². The fourth-order valence-electron chi connectivity index (χ4n) is 1.76. The lowest BCUT2D eigenvalue weighted by molar-refractivity contribution is 0.102. The van der Waals surface area contributed by atoms with Crippen molar-refractivity contribution in [3.05, 3.63) is 58.6 Å². The van der Waals surface area contributed by atoms with Gasteiger partial charge >= 0.3 is 0 Å². The highest BCUT2D eigenvalue weighted by atomic mass is 35.5. The molecule has 0 fully saturated rings. The molecule has 2 rings (SSSR count). The molecule has 1 N–H and O–H groups in total. The van der Waals surface area contributed by atoms with Crippen LogP contribution in [0.4, 0.5) is 5.69 Å². The summed E-state index contributed by atoms with van der Waals surface area (Å²) < 4.78 is 5.19. The van der Waals surface area contributed by atoms with E-state index in [-0.39, 0.29) is 5.91 Å². The summed E-state index contributed by atoms with van der Waals surface area (Å²) in [5.74, 6) is 0.384. The minimum Gasteiger partial charge on any atom is -0.495 e. The first-order chi connectivity index (χ1) is 9.10. The topological polar surface area (TPSA) is 38.3 Å². The molecule has 0 saturated carbocycles. The van der Waals surface area contributed by atoms with Gasteiger partial charge in [-0.3, -0.25) is 4.79 Å². The molecule has 2 aromatic rings. The monoisotopic (exact) mass is 275 g/mol. The van der Waals surface area contributed by atoms with Gasteiger partial charge in [0.25, 0.3) is 5.91 Å². The number of benzene rings is 2. The lowest BCUT2D eigenvalue weighted by Gasteiger charge is -2.10. The van der Waals surface area contributed by atoms with Crippen molar-refractivity contribution >= 4 is 23.2 Å². The maximum Gasteiger partial charge on any atom is 0.255 e. The van der Waals surface area contributed by atoms with Gasteiger partial charge < -0.3 is 10.1 Å². The third-order valence-corrected chi connectivity index (χ3v) is 2.93. The van der Waals surface area contributed by atoms with Crippen LogP contribution in [0.1, 0.15) is 15.9 Å². The first-order valence-corrected chi connectivity index (χ1v) is 6.19. The minimum absolute atomic E-state index is 0.190. The lowest BCUT2D eigenvalue weighted by atomic mass is 10.1. The van der Waals surface area contributed by atoms with E-state index < -0.39 is 0 Å². The number of aryl methyl sites for hydroxylation is 1. The molecule has 0 heterocycles. The van der Waals surface area contributed by atoms with Crippen LogP contribution in [0, 0.1) is 6.92 Å². The van der Waals surface area contributed by atoms with Crippen molar-refractivity contribution in [3.63, 3.8) is 0 Å². The van der Waals surface area contributed by atoms with E-state index in [0.717, 1.165) is 5.56 Å². The summed E-state index contributed by atoms with van der Waals surface area (Å²) in [6.07, 6.45) is 0. The highest BCUT2D eigenvalue weighted by Gasteiger charge is 2.10. The van der Waals surface area contributed by atoms with E-state index in [2.05, 4.69) is 5.32 Å². The van der Waals surface area contributed by atoms with Crippen molar-refractivity contribution in [2.45, 2.75) is 6.92 Å². The molecular formula is C15H14ClNO2. The third kappa shape index (κ3) is 3.26. The number of hydrogen-bond acceptors (Lipinski definition) is 2. The maximum absolute atomic E-state index is 12.1. The largest absolute Gasteiger partial charge is 0.495 e. The minimum atomic E-state index is -0.190. The second-order valence-electron chi connectivity index (χ2n) is 4.17. The number of nitrogens with one attached hydrogen (secondary N) is 1. The number of rotatable bonds is 3. The molecule has 0 unspecified atom stereocenters. The normalized spacial score (nSPS) is 10.1. The van der Waals surface area contributed by atoms with Crippen molar-refractivity contribution in [2.75, 3.05) is 12.4 Å². The number of carbonyl (C=O) groups excluding carboxylic acids is 1. The van der Waals surface area contributed by atoms with Crippen LogP contribution in [0.2, 0.25) is 5.02 Å². The Kier molecular flexibility index (Phi) is 4.07. The van der Waals surface area contributed by atoms with E-state index >= 15 is 0 Å². The zero-order valence-electron chi connectivity index (χ0n) is 10.7. The van der Waals surface area contributed by atoms with E-state index in [1.165, 1.54) is 0 Å². The van der Waals surface area contributed by atoms with Crippen LogP contribution in [0.3, 0.4) is 0 Å². The third-order valence-electron chi connectivity index (χ3n) is 2.69. The van der Waals surface area contributed by atoms with E-state index in [1.807, 2.05) is 25.1 Å². The number of halogens is 1. The van der Waals surface area contributed by atoms with E-state index in [4.69, 9.17) is 16.3 Å². The average Bonchev–Trinajstić information content (AvgIpc) is 2.39. The summed E-state index contributed by atoms with van der Waals surface area (Å²) in [6, 6.07) is 12.5. The van der Waals surface area contributed by atoms with Gasteiger partial charge in [-0.05, 0) is 37.3 Å². The highest BCUT2D eigenvalue weighted by Crippen LogP contribution is 2.28.